The Hall–Kier alpha value is -2.54. The molecule has 0 saturated carbocycles. The van der Waals surface area contributed by atoms with Gasteiger partial charge in [-0.3, -0.25) is 9.10 Å². The number of rotatable bonds is 6. The molecule has 0 aliphatic carbocycles. The fraction of sp³-hybridized carbons (Fsp3) is 0.381. The SMILES string of the molecule is CC(C)Oc1cccc(C(C)NC(=O)c2ccc(N3CCCS3(=O)=O)cc2)c1. The van der Waals surface area contributed by atoms with Crippen molar-refractivity contribution in [2.75, 3.05) is 16.6 Å². The van der Waals surface area contributed by atoms with Crippen LogP contribution in [0.25, 0.3) is 0 Å². The van der Waals surface area contributed by atoms with E-state index in [-0.39, 0.29) is 23.8 Å². The Bertz CT molecular complexity index is 939. The molecular formula is C21H26N2O4S. The lowest BCUT2D eigenvalue weighted by molar-refractivity contribution is 0.0939. The summed E-state index contributed by atoms with van der Waals surface area (Å²) in [5.74, 6) is 0.732. The van der Waals surface area contributed by atoms with E-state index in [1.807, 2.05) is 45.0 Å². The molecule has 2 aromatic rings. The second-order valence-corrected chi connectivity index (χ2v) is 9.24. The molecule has 0 radical (unpaired) electrons. The highest BCUT2D eigenvalue weighted by Crippen LogP contribution is 2.25. The van der Waals surface area contributed by atoms with Crippen LogP contribution in [0.15, 0.2) is 48.5 Å². The van der Waals surface area contributed by atoms with E-state index >= 15 is 0 Å². The Morgan fingerprint density at radius 1 is 1.11 bits per heavy atom. The molecule has 0 aromatic heterocycles. The monoisotopic (exact) mass is 402 g/mol. The van der Waals surface area contributed by atoms with Crippen LogP contribution in [-0.2, 0) is 10.0 Å². The number of nitrogens with one attached hydrogen (secondary N) is 1. The molecule has 2 aromatic carbocycles. The highest BCUT2D eigenvalue weighted by Gasteiger charge is 2.28. The first-order valence-electron chi connectivity index (χ1n) is 9.44. The largest absolute Gasteiger partial charge is 0.491 e. The van der Waals surface area contributed by atoms with Crippen LogP contribution in [0.3, 0.4) is 0 Å². The van der Waals surface area contributed by atoms with E-state index in [4.69, 9.17) is 4.74 Å². The van der Waals surface area contributed by atoms with Gasteiger partial charge in [-0.1, -0.05) is 12.1 Å². The summed E-state index contributed by atoms with van der Waals surface area (Å²) in [6.45, 7) is 6.33. The lowest BCUT2D eigenvalue weighted by atomic mass is 10.1. The van der Waals surface area contributed by atoms with Gasteiger partial charge in [0.25, 0.3) is 5.91 Å². The van der Waals surface area contributed by atoms with Crippen LogP contribution in [0, 0.1) is 0 Å². The second-order valence-electron chi connectivity index (χ2n) is 7.22. The Morgan fingerprint density at radius 2 is 1.82 bits per heavy atom. The third-order valence-corrected chi connectivity index (χ3v) is 6.46. The number of hydrogen-bond donors (Lipinski definition) is 1. The summed E-state index contributed by atoms with van der Waals surface area (Å²) in [6, 6.07) is 14.1. The minimum absolute atomic E-state index is 0.0816. The number of sulfonamides is 1. The van der Waals surface area contributed by atoms with Gasteiger partial charge >= 0.3 is 0 Å². The van der Waals surface area contributed by atoms with Gasteiger partial charge in [0, 0.05) is 12.1 Å². The fourth-order valence-corrected chi connectivity index (χ4v) is 4.77. The molecule has 0 spiro atoms. The third-order valence-electron chi connectivity index (χ3n) is 4.59. The molecule has 6 nitrogen and oxygen atoms in total. The van der Waals surface area contributed by atoms with Gasteiger partial charge < -0.3 is 10.1 Å². The predicted molar refractivity (Wildman–Crippen MR) is 110 cm³/mol. The van der Waals surface area contributed by atoms with E-state index in [0.717, 1.165) is 11.3 Å². The first-order chi connectivity index (χ1) is 13.3. The molecule has 1 saturated heterocycles. The smallest absolute Gasteiger partial charge is 0.251 e. The van der Waals surface area contributed by atoms with Crippen molar-refractivity contribution < 1.29 is 17.9 Å². The first kappa shape index (κ1) is 20.2. The summed E-state index contributed by atoms with van der Waals surface area (Å²) in [4.78, 5) is 12.6. The van der Waals surface area contributed by atoms with Gasteiger partial charge in [0.2, 0.25) is 10.0 Å². The summed E-state index contributed by atoms with van der Waals surface area (Å²) in [5, 5.41) is 2.97. The van der Waals surface area contributed by atoms with E-state index in [9.17, 15) is 13.2 Å². The maximum atomic E-state index is 12.6. The van der Waals surface area contributed by atoms with E-state index in [1.165, 1.54) is 4.31 Å². The minimum atomic E-state index is -3.22. The van der Waals surface area contributed by atoms with Crippen molar-refractivity contribution in [3.05, 3.63) is 59.7 Å². The number of nitrogens with zero attached hydrogens (tertiary/aromatic N) is 1. The molecule has 28 heavy (non-hydrogen) atoms. The van der Waals surface area contributed by atoms with Gasteiger partial charge in [0.05, 0.1) is 23.6 Å². The zero-order valence-electron chi connectivity index (χ0n) is 16.4. The molecule has 1 N–H and O–H groups in total. The van der Waals surface area contributed by atoms with Gasteiger partial charge in [0.15, 0.2) is 0 Å². The number of amides is 1. The molecule has 3 rings (SSSR count). The van der Waals surface area contributed by atoms with Crippen molar-refractivity contribution in [1.29, 1.82) is 0 Å². The Kier molecular flexibility index (Phi) is 5.93. The van der Waals surface area contributed by atoms with Crippen molar-refractivity contribution in [3.63, 3.8) is 0 Å². The van der Waals surface area contributed by atoms with E-state index in [1.54, 1.807) is 24.3 Å². The summed E-state index contributed by atoms with van der Waals surface area (Å²) in [5.41, 5.74) is 2.04. The maximum Gasteiger partial charge on any atom is 0.251 e. The van der Waals surface area contributed by atoms with Crippen LogP contribution in [0.4, 0.5) is 5.69 Å². The number of hydrogen-bond acceptors (Lipinski definition) is 4. The number of anilines is 1. The molecule has 1 atom stereocenters. The molecule has 1 aliphatic rings. The summed E-state index contributed by atoms with van der Waals surface area (Å²) in [6.07, 6.45) is 0.708. The average Bonchev–Trinajstić information content (AvgIpc) is 3.00. The number of carbonyl (C=O) groups is 1. The van der Waals surface area contributed by atoms with E-state index in [0.29, 0.717) is 24.2 Å². The van der Waals surface area contributed by atoms with Crippen LogP contribution < -0.4 is 14.4 Å². The fourth-order valence-electron chi connectivity index (χ4n) is 3.20. The van der Waals surface area contributed by atoms with Crippen LogP contribution in [0.2, 0.25) is 0 Å². The van der Waals surface area contributed by atoms with Crippen molar-refractivity contribution in [3.8, 4) is 5.75 Å². The van der Waals surface area contributed by atoms with E-state index < -0.39 is 10.0 Å². The Labute approximate surface area is 166 Å². The summed E-state index contributed by atoms with van der Waals surface area (Å²) in [7, 11) is -3.22. The van der Waals surface area contributed by atoms with Crippen molar-refractivity contribution >= 4 is 21.6 Å². The minimum Gasteiger partial charge on any atom is -0.491 e. The third kappa shape index (κ3) is 4.65. The predicted octanol–water partition coefficient (Wildman–Crippen LogP) is 3.50. The van der Waals surface area contributed by atoms with Crippen LogP contribution >= 0.6 is 0 Å². The first-order valence-corrected chi connectivity index (χ1v) is 11.0. The summed E-state index contributed by atoms with van der Waals surface area (Å²) >= 11 is 0. The Balaban J connectivity index is 1.67. The van der Waals surface area contributed by atoms with Crippen LogP contribution in [0.5, 0.6) is 5.75 Å². The van der Waals surface area contributed by atoms with Crippen molar-refractivity contribution in [2.24, 2.45) is 0 Å². The molecule has 0 bridgehead atoms. The number of carbonyl (C=O) groups excluding carboxylic acids is 1. The quantitative estimate of drug-likeness (QED) is 0.802. The molecular weight excluding hydrogens is 376 g/mol. The topological polar surface area (TPSA) is 75.7 Å². The highest BCUT2D eigenvalue weighted by atomic mass is 32.2. The lowest BCUT2D eigenvalue weighted by Gasteiger charge is -2.18. The summed E-state index contributed by atoms with van der Waals surface area (Å²) < 4.78 is 31.1. The molecule has 150 valence electrons. The van der Waals surface area contributed by atoms with Crippen molar-refractivity contribution in [2.45, 2.75) is 39.3 Å². The van der Waals surface area contributed by atoms with Crippen LogP contribution in [0.1, 0.15) is 49.2 Å². The van der Waals surface area contributed by atoms with Gasteiger partial charge in [0.1, 0.15) is 5.75 Å². The Morgan fingerprint density at radius 3 is 2.43 bits per heavy atom. The zero-order chi connectivity index (χ0) is 20.3. The van der Waals surface area contributed by atoms with Gasteiger partial charge in [-0.25, -0.2) is 8.42 Å². The highest BCUT2D eigenvalue weighted by molar-refractivity contribution is 7.93. The molecule has 1 heterocycles. The van der Waals surface area contributed by atoms with Gasteiger partial charge in [-0.15, -0.1) is 0 Å². The van der Waals surface area contributed by atoms with Crippen LogP contribution in [-0.4, -0.2) is 32.7 Å². The molecule has 1 unspecified atom stereocenters. The normalized spacial score (nSPS) is 16.8. The molecule has 1 aliphatic heterocycles. The number of benzene rings is 2. The maximum absolute atomic E-state index is 12.6. The average molecular weight is 403 g/mol. The van der Waals surface area contributed by atoms with Crippen molar-refractivity contribution in [1.82, 2.24) is 5.32 Å². The molecule has 1 amide bonds. The van der Waals surface area contributed by atoms with E-state index in [2.05, 4.69) is 5.32 Å². The van der Waals surface area contributed by atoms with Gasteiger partial charge in [-0.05, 0) is 69.2 Å². The number of ether oxygens (including phenoxy) is 1. The standard InChI is InChI=1S/C21H26N2O4S/c1-15(2)27-20-7-4-6-18(14-20)16(3)22-21(24)17-8-10-19(11-9-17)23-12-5-13-28(23,25)26/h4,6-11,14-16H,5,12-13H2,1-3H3,(H,22,24). The van der Waals surface area contributed by atoms with Gasteiger partial charge in [-0.2, -0.15) is 0 Å². The lowest BCUT2D eigenvalue weighted by Crippen LogP contribution is -2.27. The molecule has 7 heteroatoms. The molecule has 1 fully saturated rings. The second kappa shape index (κ2) is 8.22. The zero-order valence-corrected chi connectivity index (χ0v) is 17.2.